The monoisotopic (exact) mass is 816 g/mol. The summed E-state index contributed by atoms with van der Waals surface area (Å²) in [7, 11) is -7.61. The first kappa shape index (κ1) is 40.7. The Morgan fingerprint density at radius 3 is 0.763 bits per heavy atom. The van der Waals surface area contributed by atoms with Crippen molar-refractivity contribution in [2.45, 2.75) is 64.7 Å². The van der Waals surface area contributed by atoms with Crippen LogP contribution in [-0.4, -0.2) is 24.2 Å². The molecule has 296 valence electrons. The van der Waals surface area contributed by atoms with Crippen LogP contribution >= 0.6 is 0 Å². The summed E-state index contributed by atoms with van der Waals surface area (Å²) in [6.45, 7) is 15.0. The highest BCUT2D eigenvalue weighted by atomic mass is 28.3. The molecule has 0 amide bonds. The van der Waals surface area contributed by atoms with E-state index in [4.69, 9.17) is 0 Å². The number of hydrogen-bond donors (Lipinski definition) is 0. The SMILES string of the molecule is CC[Si](CC)(C1C=C([Si](c2ccccc2)(c2ccccc2)c2ccccc2)C=C1C(C)C)C1C=C([Si](c2ccccc2)(c2ccccc2)c2ccccc2)C=C1C(C)C. The van der Waals surface area contributed by atoms with E-state index in [1.165, 1.54) is 43.2 Å². The third kappa shape index (κ3) is 6.91. The van der Waals surface area contributed by atoms with Gasteiger partial charge in [0.25, 0.3) is 0 Å². The van der Waals surface area contributed by atoms with E-state index in [-0.39, 0.29) is 0 Å². The Morgan fingerprint density at radius 1 is 0.356 bits per heavy atom. The lowest BCUT2D eigenvalue weighted by molar-refractivity contribution is 0.718. The van der Waals surface area contributed by atoms with Gasteiger partial charge < -0.3 is 0 Å². The van der Waals surface area contributed by atoms with Gasteiger partial charge in [0, 0.05) is 0 Å². The molecule has 2 aliphatic carbocycles. The molecule has 0 spiro atoms. The van der Waals surface area contributed by atoms with Crippen LogP contribution < -0.4 is 31.1 Å². The molecule has 2 unspecified atom stereocenters. The van der Waals surface area contributed by atoms with E-state index in [9.17, 15) is 0 Å². The van der Waals surface area contributed by atoms with Crippen molar-refractivity contribution in [1.82, 2.24) is 0 Å². The van der Waals surface area contributed by atoms with Crippen LogP contribution in [0.25, 0.3) is 0 Å². The van der Waals surface area contributed by atoms with Crippen molar-refractivity contribution in [3.05, 3.63) is 228 Å². The standard InChI is InChI=1S/C56H60Si3/c1-7-57(8-2,55-41-51(39-53(55)43(3)4)58(45-27-15-9-16-28-45,46-29-17-10-18-30-46)47-31-19-11-20-32-47)56-42-52(40-54(56)44(5)6)59(48-33-21-12-22-34-48,49-35-23-13-24-36-49)50-37-25-14-26-38-50/h9-44,55-56H,7-8H2,1-6H3. The van der Waals surface area contributed by atoms with Gasteiger partial charge in [-0.05, 0) is 64.4 Å². The van der Waals surface area contributed by atoms with Crippen molar-refractivity contribution < 1.29 is 0 Å². The molecule has 59 heavy (non-hydrogen) atoms. The van der Waals surface area contributed by atoms with Crippen molar-refractivity contribution in [3.63, 3.8) is 0 Å². The van der Waals surface area contributed by atoms with Gasteiger partial charge in [0.1, 0.15) is 0 Å². The number of hydrogen-bond acceptors (Lipinski definition) is 0. The fourth-order valence-corrected chi connectivity index (χ4v) is 27.1. The van der Waals surface area contributed by atoms with Gasteiger partial charge in [-0.25, -0.2) is 0 Å². The summed E-state index contributed by atoms with van der Waals surface area (Å²) < 4.78 is 0. The number of rotatable bonds is 14. The van der Waals surface area contributed by atoms with Crippen LogP contribution in [0, 0.1) is 11.8 Å². The first-order chi connectivity index (χ1) is 28.8. The van der Waals surface area contributed by atoms with Gasteiger partial charge in [-0.1, -0.05) is 271 Å². The molecule has 6 aromatic carbocycles. The van der Waals surface area contributed by atoms with Crippen molar-refractivity contribution in [3.8, 4) is 0 Å². The van der Waals surface area contributed by atoms with Gasteiger partial charge in [0.05, 0.1) is 8.07 Å². The first-order valence-electron chi connectivity index (χ1n) is 22.0. The molecule has 0 fully saturated rings. The Hall–Kier alpha value is -5.07. The van der Waals surface area contributed by atoms with E-state index in [2.05, 4.69) is 248 Å². The third-order valence-electron chi connectivity index (χ3n) is 14.1. The molecule has 0 radical (unpaired) electrons. The fraction of sp³-hybridized carbons (Fsp3) is 0.214. The summed E-state index contributed by atoms with van der Waals surface area (Å²) in [5.41, 5.74) is 4.16. The molecule has 2 atom stereocenters. The zero-order chi connectivity index (χ0) is 41.0. The van der Waals surface area contributed by atoms with Gasteiger partial charge in [-0.2, -0.15) is 0 Å². The predicted molar refractivity (Wildman–Crippen MR) is 264 cm³/mol. The summed E-state index contributed by atoms with van der Waals surface area (Å²) in [5.74, 6) is 0.881. The maximum absolute atomic E-state index is 2.87. The lowest BCUT2D eigenvalue weighted by Crippen LogP contribution is -2.68. The molecule has 8 rings (SSSR count). The molecular formula is C56H60Si3. The molecule has 0 aliphatic heterocycles. The van der Waals surface area contributed by atoms with E-state index in [1.807, 2.05) is 0 Å². The normalized spacial score (nSPS) is 17.2. The van der Waals surface area contributed by atoms with E-state index in [1.54, 1.807) is 21.5 Å². The van der Waals surface area contributed by atoms with Crippen LogP contribution in [0.15, 0.2) is 228 Å². The van der Waals surface area contributed by atoms with Crippen LogP contribution in [0.3, 0.4) is 0 Å². The molecule has 0 heterocycles. The Morgan fingerprint density at radius 2 is 0.576 bits per heavy atom. The largest absolute Gasteiger partial charge is 0.179 e. The second-order valence-electron chi connectivity index (χ2n) is 17.4. The molecule has 6 aromatic rings. The van der Waals surface area contributed by atoms with E-state index >= 15 is 0 Å². The van der Waals surface area contributed by atoms with Gasteiger partial charge >= 0.3 is 0 Å². The fourth-order valence-electron chi connectivity index (χ4n) is 11.2. The zero-order valence-electron chi connectivity index (χ0n) is 35.9. The number of allylic oxidation sites excluding steroid dienone is 8. The number of benzene rings is 6. The summed E-state index contributed by atoms with van der Waals surface area (Å²) in [5, 5.41) is 11.9. The maximum Gasteiger partial charge on any atom is 0.179 e. The van der Waals surface area contributed by atoms with Crippen molar-refractivity contribution in [2.75, 3.05) is 0 Å². The molecule has 0 nitrogen and oxygen atoms in total. The Labute approximate surface area is 357 Å². The minimum Gasteiger partial charge on any atom is -0.0796 e. The summed E-state index contributed by atoms with van der Waals surface area (Å²) in [6, 6.07) is 71.6. The molecule has 0 bridgehead atoms. The third-order valence-corrected chi connectivity index (χ3v) is 29.7. The van der Waals surface area contributed by atoms with Crippen LogP contribution in [-0.2, 0) is 0 Å². The second kappa shape index (κ2) is 17.3. The lowest BCUT2D eigenvalue weighted by atomic mass is 10.0. The van der Waals surface area contributed by atoms with Crippen molar-refractivity contribution in [2.24, 2.45) is 11.8 Å². The average molecular weight is 817 g/mol. The van der Waals surface area contributed by atoms with Crippen molar-refractivity contribution >= 4 is 55.3 Å². The van der Waals surface area contributed by atoms with Crippen LogP contribution in [0.5, 0.6) is 0 Å². The van der Waals surface area contributed by atoms with Gasteiger partial charge in [0.15, 0.2) is 16.1 Å². The highest BCUT2D eigenvalue weighted by Crippen LogP contribution is 2.56. The van der Waals surface area contributed by atoms with E-state index in [0.717, 1.165) is 0 Å². The second-order valence-corrected chi connectivity index (χ2v) is 30.2. The molecular weight excluding hydrogens is 757 g/mol. The van der Waals surface area contributed by atoms with Crippen molar-refractivity contribution in [1.29, 1.82) is 0 Å². The highest BCUT2D eigenvalue weighted by Gasteiger charge is 2.54. The van der Waals surface area contributed by atoms with Crippen LogP contribution in [0.2, 0.25) is 23.2 Å². The molecule has 0 N–H and O–H groups in total. The van der Waals surface area contributed by atoms with Crippen LogP contribution in [0.1, 0.15) is 41.5 Å². The molecule has 2 aliphatic rings. The highest BCUT2D eigenvalue weighted by molar-refractivity contribution is 7.17. The zero-order valence-corrected chi connectivity index (χ0v) is 38.9. The topological polar surface area (TPSA) is 0 Å². The molecule has 3 heteroatoms. The summed E-state index contributed by atoms with van der Waals surface area (Å²) in [6.07, 6.45) is 11.2. The average Bonchev–Trinajstić information content (AvgIpc) is 3.95. The Balaban J connectivity index is 1.40. The van der Waals surface area contributed by atoms with E-state index < -0.39 is 24.2 Å². The molecule has 0 saturated carbocycles. The Kier molecular flexibility index (Phi) is 11.9. The maximum atomic E-state index is 2.87. The van der Waals surface area contributed by atoms with Gasteiger partial charge in [0.2, 0.25) is 0 Å². The van der Waals surface area contributed by atoms with E-state index in [0.29, 0.717) is 22.9 Å². The minimum absolute atomic E-state index is 0.430. The lowest BCUT2D eigenvalue weighted by Gasteiger charge is -2.44. The molecule has 0 aromatic heterocycles. The Bertz CT molecular complexity index is 2080. The smallest absolute Gasteiger partial charge is 0.0796 e. The first-order valence-corrected chi connectivity index (χ1v) is 28.6. The van der Waals surface area contributed by atoms with Gasteiger partial charge in [-0.3, -0.25) is 0 Å². The quantitative estimate of drug-likeness (QED) is 0.0759. The van der Waals surface area contributed by atoms with Gasteiger partial charge in [-0.15, -0.1) is 0 Å². The van der Waals surface area contributed by atoms with Crippen LogP contribution in [0.4, 0.5) is 0 Å². The summed E-state index contributed by atoms with van der Waals surface area (Å²) in [4.78, 5) is 0. The predicted octanol–water partition coefficient (Wildman–Crippen LogP) is 10.7. The summed E-state index contributed by atoms with van der Waals surface area (Å²) >= 11 is 0. The minimum atomic E-state index is -2.69. The molecule has 0 saturated heterocycles.